The van der Waals surface area contributed by atoms with Gasteiger partial charge in [0.15, 0.2) is 0 Å². The van der Waals surface area contributed by atoms with Gasteiger partial charge in [-0.05, 0) is 48.4 Å². The number of hydrogen-bond donors (Lipinski definition) is 1. The topological polar surface area (TPSA) is 72.8 Å². The first-order valence-electron chi connectivity index (χ1n) is 6.71. The van der Waals surface area contributed by atoms with Gasteiger partial charge in [-0.25, -0.2) is 4.79 Å². The highest BCUT2D eigenvalue weighted by Crippen LogP contribution is 2.34. The summed E-state index contributed by atoms with van der Waals surface area (Å²) in [6.07, 6.45) is 0.0545. The van der Waals surface area contributed by atoms with Crippen molar-refractivity contribution >= 4 is 23.3 Å². The van der Waals surface area contributed by atoms with Crippen LogP contribution in [-0.4, -0.2) is 30.8 Å². The van der Waals surface area contributed by atoms with Crippen molar-refractivity contribution in [1.82, 2.24) is 0 Å². The fourth-order valence-electron chi connectivity index (χ4n) is 2.02. The van der Waals surface area contributed by atoms with Crippen LogP contribution >= 0.6 is 11.3 Å². The third kappa shape index (κ3) is 3.65. The average Bonchev–Trinajstić information content (AvgIpc) is 2.91. The Hall–Kier alpha value is -2.34. The molecule has 0 atom stereocenters. The Bertz CT molecular complexity index is 672. The molecule has 1 N–H and O–H groups in total. The lowest BCUT2D eigenvalue weighted by atomic mass is 10.1. The summed E-state index contributed by atoms with van der Waals surface area (Å²) in [6.45, 7) is 2.03. The van der Waals surface area contributed by atoms with Crippen molar-refractivity contribution in [1.29, 1.82) is 0 Å². The van der Waals surface area contributed by atoms with E-state index in [1.807, 2.05) is 12.1 Å². The summed E-state index contributed by atoms with van der Waals surface area (Å²) in [5.41, 5.74) is 1.50. The smallest absolute Gasteiger partial charge is 0.345 e. The Labute approximate surface area is 132 Å². The molecule has 2 aromatic rings. The van der Waals surface area contributed by atoms with Gasteiger partial charge in [0, 0.05) is 4.88 Å². The summed E-state index contributed by atoms with van der Waals surface area (Å²) in [5, 5.41) is 9.16. The quantitative estimate of drug-likeness (QED) is 0.827. The van der Waals surface area contributed by atoms with Crippen LogP contribution in [0.3, 0.4) is 0 Å². The minimum Gasteiger partial charge on any atom is -0.497 e. The molecule has 0 aliphatic carbocycles. The highest BCUT2D eigenvalue weighted by molar-refractivity contribution is 7.17. The first-order valence-corrected chi connectivity index (χ1v) is 7.52. The van der Waals surface area contributed by atoms with Gasteiger partial charge in [0.2, 0.25) is 0 Å². The van der Waals surface area contributed by atoms with Gasteiger partial charge in [-0.3, -0.25) is 4.79 Å². The second kappa shape index (κ2) is 7.09. The van der Waals surface area contributed by atoms with Gasteiger partial charge in [0.05, 0.1) is 20.1 Å². The van der Waals surface area contributed by atoms with Crippen LogP contribution in [0.1, 0.15) is 22.2 Å². The number of carbonyl (C=O) groups excluding carboxylic acids is 1. The lowest BCUT2D eigenvalue weighted by molar-refractivity contribution is -0.142. The number of benzene rings is 1. The zero-order valence-electron chi connectivity index (χ0n) is 12.3. The molecule has 22 heavy (non-hydrogen) atoms. The van der Waals surface area contributed by atoms with Gasteiger partial charge in [0.1, 0.15) is 10.6 Å². The first kappa shape index (κ1) is 16.0. The maximum absolute atomic E-state index is 11.7. The van der Waals surface area contributed by atoms with Gasteiger partial charge in [-0.2, -0.15) is 0 Å². The Kier molecular flexibility index (Phi) is 5.16. The minimum atomic E-state index is -1.00. The van der Waals surface area contributed by atoms with E-state index in [4.69, 9.17) is 14.6 Å². The molecule has 0 saturated carbocycles. The molecule has 0 aliphatic heterocycles. The molecule has 0 amide bonds. The first-order chi connectivity index (χ1) is 10.5. The summed E-state index contributed by atoms with van der Waals surface area (Å²) >= 11 is 1.15. The Balaban J connectivity index is 2.38. The van der Waals surface area contributed by atoms with Gasteiger partial charge >= 0.3 is 11.9 Å². The molecule has 0 spiro atoms. The van der Waals surface area contributed by atoms with E-state index in [1.165, 1.54) is 6.07 Å². The van der Waals surface area contributed by atoms with Crippen molar-refractivity contribution in [2.24, 2.45) is 0 Å². The van der Waals surface area contributed by atoms with Gasteiger partial charge < -0.3 is 14.6 Å². The molecule has 0 radical (unpaired) electrons. The number of rotatable bonds is 6. The van der Waals surface area contributed by atoms with Crippen LogP contribution in [0.25, 0.3) is 10.4 Å². The molecule has 6 heteroatoms. The predicted molar refractivity (Wildman–Crippen MR) is 83.6 cm³/mol. The number of ether oxygens (including phenoxy) is 2. The number of hydrogen-bond acceptors (Lipinski definition) is 5. The average molecular weight is 320 g/mol. The second-order valence-electron chi connectivity index (χ2n) is 4.48. The van der Waals surface area contributed by atoms with Crippen LogP contribution in [0.15, 0.2) is 30.3 Å². The molecule has 1 heterocycles. The summed E-state index contributed by atoms with van der Waals surface area (Å²) < 4.78 is 10.1. The maximum atomic E-state index is 11.7. The van der Waals surface area contributed by atoms with Crippen molar-refractivity contribution in [2.75, 3.05) is 13.7 Å². The number of aromatic carboxylic acids is 1. The van der Waals surface area contributed by atoms with E-state index in [0.717, 1.165) is 21.8 Å². The number of thiophene rings is 1. The van der Waals surface area contributed by atoms with E-state index in [0.29, 0.717) is 17.9 Å². The zero-order chi connectivity index (χ0) is 16.1. The predicted octanol–water partition coefficient (Wildman–Crippen LogP) is 3.23. The van der Waals surface area contributed by atoms with Crippen molar-refractivity contribution in [2.45, 2.75) is 13.3 Å². The maximum Gasteiger partial charge on any atom is 0.345 e. The van der Waals surface area contributed by atoms with E-state index >= 15 is 0 Å². The standard InChI is InChI=1S/C16H16O5S/c1-3-21-14(17)9-11-8-13(16(18)19)22-15(11)10-4-6-12(20-2)7-5-10/h4-8H,3,9H2,1-2H3,(H,18,19). The number of carboxylic acids is 1. The van der Waals surface area contributed by atoms with E-state index in [1.54, 1.807) is 26.2 Å². The highest BCUT2D eigenvalue weighted by atomic mass is 32.1. The monoisotopic (exact) mass is 320 g/mol. The molecule has 116 valence electrons. The summed E-state index contributed by atoms with van der Waals surface area (Å²) in [5.74, 6) is -0.660. The largest absolute Gasteiger partial charge is 0.497 e. The molecule has 0 fully saturated rings. The molecule has 0 aliphatic rings. The van der Waals surface area contributed by atoms with Crippen molar-refractivity contribution in [3.63, 3.8) is 0 Å². The molecule has 0 unspecified atom stereocenters. The highest BCUT2D eigenvalue weighted by Gasteiger charge is 2.18. The van der Waals surface area contributed by atoms with Crippen LogP contribution in [0, 0.1) is 0 Å². The molecular formula is C16H16O5S. The van der Waals surface area contributed by atoms with E-state index in [9.17, 15) is 9.59 Å². The summed E-state index contributed by atoms with van der Waals surface area (Å²) in [4.78, 5) is 23.8. The van der Waals surface area contributed by atoms with E-state index in [-0.39, 0.29) is 17.3 Å². The van der Waals surface area contributed by atoms with Crippen molar-refractivity contribution < 1.29 is 24.2 Å². The molecular weight excluding hydrogens is 304 g/mol. The number of methoxy groups -OCH3 is 1. The van der Waals surface area contributed by atoms with Crippen molar-refractivity contribution in [3.05, 3.63) is 40.8 Å². The molecule has 5 nitrogen and oxygen atoms in total. The Morgan fingerprint density at radius 3 is 2.45 bits per heavy atom. The lowest BCUT2D eigenvalue weighted by Gasteiger charge is -2.05. The SMILES string of the molecule is CCOC(=O)Cc1cc(C(=O)O)sc1-c1ccc(OC)cc1. The summed E-state index contributed by atoms with van der Waals surface area (Å²) in [7, 11) is 1.58. The van der Waals surface area contributed by atoms with Crippen LogP contribution in [0.5, 0.6) is 5.75 Å². The van der Waals surface area contributed by atoms with Crippen LogP contribution in [-0.2, 0) is 16.0 Å². The molecule has 0 bridgehead atoms. The molecule has 1 aromatic carbocycles. The zero-order valence-corrected chi connectivity index (χ0v) is 13.1. The fourth-order valence-corrected chi connectivity index (χ4v) is 3.04. The Morgan fingerprint density at radius 1 is 1.23 bits per heavy atom. The van der Waals surface area contributed by atoms with Gasteiger partial charge in [-0.15, -0.1) is 11.3 Å². The molecule has 0 saturated heterocycles. The molecule has 2 rings (SSSR count). The van der Waals surface area contributed by atoms with Crippen LogP contribution in [0.2, 0.25) is 0 Å². The van der Waals surface area contributed by atoms with E-state index in [2.05, 4.69) is 0 Å². The lowest BCUT2D eigenvalue weighted by Crippen LogP contribution is -2.07. The number of carbonyl (C=O) groups is 2. The number of esters is 1. The number of carboxylic acid groups (broad SMARTS) is 1. The van der Waals surface area contributed by atoms with Crippen molar-refractivity contribution in [3.8, 4) is 16.2 Å². The normalized spacial score (nSPS) is 10.3. The Morgan fingerprint density at radius 2 is 1.91 bits per heavy atom. The third-order valence-electron chi connectivity index (χ3n) is 3.01. The van der Waals surface area contributed by atoms with Crippen LogP contribution < -0.4 is 4.74 Å². The van der Waals surface area contributed by atoms with Gasteiger partial charge in [-0.1, -0.05) is 0 Å². The van der Waals surface area contributed by atoms with Crippen LogP contribution in [0.4, 0.5) is 0 Å². The second-order valence-corrected chi connectivity index (χ2v) is 5.53. The van der Waals surface area contributed by atoms with E-state index < -0.39 is 5.97 Å². The van der Waals surface area contributed by atoms with Gasteiger partial charge in [0.25, 0.3) is 0 Å². The minimum absolute atomic E-state index is 0.0545. The third-order valence-corrected chi connectivity index (χ3v) is 4.23. The fraction of sp³-hybridized carbons (Fsp3) is 0.250. The summed E-state index contributed by atoms with van der Waals surface area (Å²) in [6, 6.07) is 8.80. The molecule has 1 aromatic heterocycles.